The summed E-state index contributed by atoms with van der Waals surface area (Å²) in [6, 6.07) is 1.56. The second-order valence-electron chi connectivity index (χ2n) is 4.93. The van der Waals surface area contributed by atoms with Gasteiger partial charge in [-0.05, 0) is 19.9 Å². The fraction of sp³-hybridized carbons (Fsp3) is 0.385. The van der Waals surface area contributed by atoms with Crippen LogP contribution < -0.4 is 10.6 Å². The Kier molecular flexibility index (Phi) is 3.19. The number of aryl methyl sites for hydroxylation is 2. The van der Waals surface area contributed by atoms with Crippen LogP contribution in [-0.2, 0) is 17.8 Å². The number of nitrogens with zero attached hydrogens (tertiary/aromatic N) is 3. The molecule has 0 bridgehead atoms. The van der Waals surface area contributed by atoms with Crippen LogP contribution in [0.15, 0.2) is 12.4 Å². The van der Waals surface area contributed by atoms with Gasteiger partial charge >= 0.3 is 0 Å². The zero-order chi connectivity index (χ0) is 14.1. The Morgan fingerprint density at radius 2 is 2.10 bits per heavy atom. The number of carbonyl (C=O) groups is 1. The molecular formula is C13H16N6O. The van der Waals surface area contributed by atoms with E-state index >= 15 is 0 Å². The number of fused-ring (bicyclic) bond motifs is 1. The summed E-state index contributed by atoms with van der Waals surface area (Å²) in [5.41, 5.74) is 3.64. The Bertz CT molecular complexity index is 630. The molecular weight excluding hydrogens is 256 g/mol. The van der Waals surface area contributed by atoms with Crippen molar-refractivity contribution in [3.63, 3.8) is 0 Å². The molecule has 104 valence electrons. The maximum Gasteiger partial charge on any atom is 0.244 e. The first-order chi connectivity index (χ1) is 9.61. The lowest BCUT2D eigenvalue weighted by Gasteiger charge is -2.21. The molecule has 7 nitrogen and oxygen atoms in total. The van der Waals surface area contributed by atoms with Crippen molar-refractivity contribution in [3.8, 4) is 0 Å². The molecule has 0 spiro atoms. The molecule has 1 atom stereocenters. The van der Waals surface area contributed by atoms with Gasteiger partial charge in [0.2, 0.25) is 11.9 Å². The molecule has 0 aliphatic carbocycles. The van der Waals surface area contributed by atoms with Crippen molar-refractivity contribution in [2.24, 2.45) is 0 Å². The molecule has 7 heteroatoms. The van der Waals surface area contributed by atoms with Crippen molar-refractivity contribution >= 4 is 11.9 Å². The van der Waals surface area contributed by atoms with E-state index in [1.54, 1.807) is 6.33 Å². The zero-order valence-corrected chi connectivity index (χ0v) is 11.4. The van der Waals surface area contributed by atoms with Gasteiger partial charge in [-0.3, -0.25) is 15.4 Å². The van der Waals surface area contributed by atoms with E-state index in [9.17, 15) is 4.79 Å². The van der Waals surface area contributed by atoms with Crippen molar-refractivity contribution < 1.29 is 4.79 Å². The number of hydrogen-bond acceptors (Lipinski definition) is 5. The number of hydrogen-bond donors (Lipinski definition) is 3. The summed E-state index contributed by atoms with van der Waals surface area (Å²) in [6.45, 7) is 4.36. The minimum absolute atomic E-state index is 0.136. The first kappa shape index (κ1) is 12.7. The third-order valence-electron chi connectivity index (χ3n) is 3.26. The number of aromatic nitrogens is 4. The van der Waals surface area contributed by atoms with E-state index in [1.165, 1.54) is 0 Å². The summed E-state index contributed by atoms with van der Waals surface area (Å²) in [7, 11) is 0. The standard InChI is InChI=1S/C13H16N6O/c1-7-3-8(2)18-13(17-7)19-12(20)10-4-9-11(5-14-10)16-6-15-9/h3,6,10,14H,4-5H2,1-2H3,(H,15,16)(H,17,18,19,20). The van der Waals surface area contributed by atoms with Gasteiger partial charge in [0, 0.05) is 24.4 Å². The summed E-state index contributed by atoms with van der Waals surface area (Å²) in [5.74, 6) is 0.214. The predicted octanol–water partition coefficient (Wildman–Crippen LogP) is 0.470. The van der Waals surface area contributed by atoms with Gasteiger partial charge < -0.3 is 4.98 Å². The van der Waals surface area contributed by atoms with E-state index in [2.05, 4.69) is 30.6 Å². The van der Waals surface area contributed by atoms with Gasteiger partial charge in [0.05, 0.1) is 23.8 Å². The van der Waals surface area contributed by atoms with Gasteiger partial charge in [-0.25, -0.2) is 15.0 Å². The Labute approximate surface area is 116 Å². The van der Waals surface area contributed by atoms with Crippen molar-refractivity contribution in [3.05, 3.63) is 35.2 Å². The highest BCUT2D eigenvalue weighted by Crippen LogP contribution is 2.13. The number of imidazole rings is 1. The molecule has 3 rings (SSSR count). The van der Waals surface area contributed by atoms with Crippen LogP contribution in [0.2, 0.25) is 0 Å². The van der Waals surface area contributed by atoms with Gasteiger partial charge in [-0.2, -0.15) is 0 Å². The number of carbonyl (C=O) groups excluding carboxylic acids is 1. The highest BCUT2D eigenvalue weighted by Gasteiger charge is 2.26. The maximum atomic E-state index is 12.2. The summed E-state index contributed by atoms with van der Waals surface area (Å²) in [6.07, 6.45) is 2.22. The minimum Gasteiger partial charge on any atom is -0.347 e. The molecule has 1 unspecified atom stereocenters. The van der Waals surface area contributed by atoms with E-state index in [4.69, 9.17) is 0 Å². The quantitative estimate of drug-likeness (QED) is 0.738. The maximum absolute atomic E-state index is 12.2. The van der Waals surface area contributed by atoms with Gasteiger partial charge in [0.25, 0.3) is 0 Å². The molecule has 0 saturated heterocycles. The van der Waals surface area contributed by atoms with Crippen LogP contribution in [0.5, 0.6) is 0 Å². The number of amides is 1. The van der Waals surface area contributed by atoms with E-state index in [0.717, 1.165) is 22.8 Å². The van der Waals surface area contributed by atoms with Crippen LogP contribution in [-0.4, -0.2) is 31.9 Å². The Morgan fingerprint density at radius 1 is 1.35 bits per heavy atom. The summed E-state index contributed by atoms with van der Waals surface area (Å²) in [4.78, 5) is 27.9. The lowest BCUT2D eigenvalue weighted by Crippen LogP contribution is -2.45. The summed E-state index contributed by atoms with van der Waals surface area (Å²) >= 11 is 0. The molecule has 1 aliphatic heterocycles. The molecule has 0 saturated carbocycles. The highest BCUT2D eigenvalue weighted by atomic mass is 16.2. The van der Waals surface area contributed by atoms with E-state index < -0.39 is 0 Å². The lowest BCUT2D eigenvalue weighted by atomic mass is 10.1. The second-order valence-corrected chi connectivity index (χ2v) is 4.93. The molecule has 20 heavy (non-hydrogen) atoms. The molecule has 3 heterocycles. The third-order valence-corrected chi connectivity index (χ3v) is 3.26. The minimum atomic E-state index is -0.310. The molecule has 0 radical (unpaired) electrons. The molecule has 1 amide bonds. The smallest absolute Gasteiger partial charge is 0.244 e. The summed E-state index contributed by atoms with van der Waals surface area (Å²) in [5, 5.41) is 5.93. The fourth-order valence-corrected chi connectivity index (χ4v) is 2.33. The largest absolute Gasteiger partial charge is 0.347 e. The number of nitrogens with one attached hydrogen (secondary N) is 3. The van der Waals surface area contributed by atoms with Gasteiger partial charge in [-0.15, -0.1) is 0 Å². The third kappa shape index (κ3) is 2.53. The normalized spacial score (nSPS) is 17.6. The molecule has 0 aromatic carbocycles. The Balaban J connectivity index is 1.71. The monoisotopic (exact) mass is 272 g/mol. The number of anilines is 1. The van der Waals surface area contributed by atoms with E-state index in [0.29, 0.717) is 18.9 Å². The molecule has 2 aromatic rings. The average molecular weight is 272 g/mol. The fourth-order valence-electron chi connectivity index (χ4n) is 2.33. The summed E-state index contributed by atoms with van der Waals surface area (Å²) < 4.78 is 0. The molecule has 3 N–H and O–H groups in total. The number of aromatic amines is 1. The lowest BCUT2D eigenvalue weighted by molar-refractivity contribution is -0.118. The predicted molar refractivity (Wildman–Crippen MR) is 73.1 cm³/mol. The van der Waals surface area contributed by atoms with Crippen LogP contribution in [0.3, 0.4) is 0 Å². The van der Waals surface area contributed by atoms with Crippen molar-refractivity contribution in [1.29, 1.82) is 0 Å². The molecule has 0 fully saturated rings. The van der Waals surface area contributed by atoms with Crippen molar-refractivity contribution in [1.82, 2.24) is 25.3 Å². The van der Waals surface area contributed by atoms with E-state index in [-0.39, 0.29) is 11.9 Å². The molecule has 1 aliphatic rings. The zero-order valence-electron chi connectivity index (χ0n) is 11.4. The van der Waals surface area contributed by atoms with Gasteiger partial charge in [-0.1, -0.05) is 0 Å². The number of H-pyrrole nitrogens is 1. The van der Waals surface area contributed by atoms with Crippen LogP contribution in [0.25, 0.3) is 0 Å². The van der Waals surface area contributed by atoms with Crippen molar-refractivity contribution in [2.45, 2.75) is 32.9 Å². The molecule has 2 aromatic heterocycles. The van der Waals surface area contributed by atoms with E-state index in [1.807, 2.05) is 19.9 Å². The first-order valence-electron chi connectivity index (χ1n) is 6.49. The first-order valence-corrected chi connectivity index (χ1v) is 6.49. The Hall–Kier alpha value is -2.28. The SMILES string of the molecule is Cc1cc(C)nc(NC(=O)C2Cc3nc[nH]c3CN2)n1. The van der Waals surface area contributed by atoms with Gasteiger partial charge in [0.1, 0.15) is 0 Å². The second kappa shape index (κ2) is 5.01. The highest BCUT2D eigenvalue weighted by molar-refractivity contribution is 5.93. The average Bonchev–Trinajstić information content (AvgIpc) is 2.84. The van der Waals surface area contributed by atoms with Crippen LogP contribution >= 0.6 is 0 Å². The van der Waals surface area contributed by atoms with Crippen molar-refractivity contribution in [2.75, 3.05) is 5.32 Å². The Morgan fingerprint density at radius 3 is 2.85 bits per heavy atom. The van der Waals surface area contributed by atoms with Crippen LogP contribution in [0.1, 0.15) is 22.8 Å². The number of rotatable bonds is 2. The topological polar surface area (TPSA) is 95.6 Å². The van der Waals surface area contributed by atoms with Crippen LogP contribution in [0, 0.1) is 13.8 Å². The van der Waals surface area contributed by atoms with Gasteiger partial charge in [0.15, 0.2) is 0 Å². The van der Waals surface area contributed by atoms with Crippen LogP contribution in [0.4, 0.5) is 5.95 Å².